The number of rotatable bonds is 5. The van der Waals surface area contributed by atoms with Crippen LogP contribution in [0.3, 0.4) is 0 Å². The summed E-state index contributed by atoms with van der Waals surface area (Å²) in [7, 11) is 0. The SMILES string of the molecule is Cc1ccccc1C(=O)N/N=C\c1cccc(OC(=O)c2ccccc2F)c1. The third-order valence-electron chi connectivity index (χ3n) is 3.93. The van der Waals surface area contributed by atoms with Gasteiger partial charge in [-0.15, -0.1) is 0 Å². The highest BCUT2D eigenvalue weighted by Gasteiger charge is 2.13. The predicted octanol–water partition coefficient (Wildman–Crippen LogP) is 4.12. The lowest BCUT2D eigenvalue weighted by Gasteiger charge is -2.06. The molecule has 3 aromatic rings. The van der Waals surface area contributed by atoms with Gasteiger partial charge >= 0.3 is 5.97 Å². The Labute approximate surface area is 161 Å². The maximum atomic E-state index is 13.7. The summed E-state index contributed by atoms with van der Waals surface area (Å²) in [4.78, 5) is 24.2. The zero-order chi connectivity index (χ0) is 19.9. The number of nitrogens with one attached hydrogen (secondary N) is 1. The maximum Gasteiger partial charge on any atom is 0.346 e. The van der Waals surface area contributed by atoms with Crippen molar-refractivity contribution in [2.45, 2.75) is 6.92 Å². The lowest BCUT2D eigenvalue weighted by molar-refractivity contribution is 0.0729. The number of carbonyl (C=O) groups is 2. The van der Waals surface area contributed by atoms with Crippen LogP contribution in [0.4, 0.5) is 4.39 Å². The number of ether oxygens (including phenoxy) is 1. The molecule has 0 aliphatic carbocycles. The van der Waals surface area contributed by atoms with Crippen LogP contribution in [0.1, 0.15) is 31.8 Å². The zero-order valence-corrected chi connectivity index (χ0v) is 15.1. The lowest BCUT2D eigenvalue weighted by Crippen LogP contribution is -2.18. The molecule has 0 fully saturated rings. The van der Waals surface area contributed by atoms with E-state index >= 15 is 0 Å². The monoisotopic (exact) mass is 376 g/mol. The summed E-state index contributed by atoms with van der Waals surface area (Å²) in [5.41, 5.74) is 4.29. The third kappa shape index (κ3) is 4.67. The zero-order valence-electron chi connectivity index (χ0n) is 15.1. The molecule has 1 N–H and O–H groups in total. The van der Waals surface area contributed by atoms with Crippen LogP contribution in [0.25, 0.3) is 0 Å². The quantitative estimate of drug-likeness (QED) is 0.315. The van der Waals surface area contributed by atoms with E-state index in [9.17, 15) is 14.0 Å². The molecule has 6 heteroatoms. The van der Waals surface area contributed by atoms with E-state index < -0.39 is 11.8 Å². The minimum absolute atomic E-state index is 0.146. The molecule has 0 radical (unpaired) electrons. The first kappa shape index (κ1) is 19.0. The first-order chi connectivity index (χ1) is 13.5. The number of hydrogen-bond acceptors (Lipinski definition) is 4. The molecule has 0 aromatic heterocycles. The summed E-state index contributed by atoms with van der Waals surface area (Å²) in [6, 6.07) is 19.3. The van der Waals surface area contributed by atoms with Crippen molar-refractivity contribution in [3.63, 3.8) is 0 Å². The fourth-order valence-electron chi connectivity index (χ4n) is 2.50. The van der Waals surface area contributed by atoms with Crippen LogP contribution < -0.4 is 10.2 Å². The largest absolute Gasteiger partial charge is 0.423 e. The fourth-order valence-corrected chi connectivity index (χ4v) is 2.50. The van der Waals surface area contributed by atoms with Crippen molar-refractivity contribution in [3.05, 3.63) is 101 Å². The van der Waals surface area contributed by atoms with E-state index in [4.69, 9.17) is 4.74 Å². The van der Waals surface area contributed by atoms with Gasteiger partial charge in [-0.1, -0.05) is 42.5 Å². The summed E-state index contributed by atoms with van der Waals surface area (Å²) < 4.78 is 18.9. The Morgan fingerprint density at radius 3 is 2.43 bits per heavy atom. The van der Waals surface area contributed by atoms with Gasteiger partial charge in [0.2, 0.25) is 0 Å². The number of amides is 1. The van der Waals surface area contributed by atoms with Crippen molar-refractivity contribution in [2.75, 3.05) is 0 Å². The topological polar surface area (TPSA) is 67.8 Å². The number of aryl methyl sites for hydroxylation is 1. The third-order valence-corrected chi connectivity index (χ3v) is 3.93. The Kier molecular flexibility index (Phi) is 5.91. The Hall–Kier alpha value is -3.80. The van der Waals surface area contributed by atoms with Gasteiger partial charge in [0.25, 0.3) is 5.91 Å². The second-order valence-corrected chi connectivity index (χ2v) is 5.96. The van der Waals surface area contributed by atoms with Crippen LogP contribution >= 0.6 is 0 Å². The van der Waals surface area contributed by atoms with Crippen LogP contribution in [0.5, 0.6) is 5.75 Å². The second kappa shape index (κ2) is 8.73. The van der Waals surface area contributed by atoms with Gasteiger partial charge in [0.05, 0.1) is 11.8 Å². The second-order valence-electron chi connectivity index (χ2n) is 5.96. The van der Waals surface area contributed by atoms with E-state index in [1.807, 2.05) is 19.1 Å². The molecule has 0 bridgehead atoms. The van der Waals surface area contributed by atoms with Crippen molar-refractivity contribution in [1.29, 1.82) is 0 Å². The van der Waals surface area contributed by atoms with Crippen LogP contribution in [-0.4, -0.2) is 18.1 Å². The van der Waals surface area contributed by atoms with Crippen LogP contribution in [-0.2, 0) is 0 Å². The fraction of sp³-hybridized carbons (Fsp3) is 0.0455. The van der Waals surface area contributed by atoms with E-state index in [2.05, 4.69) is 10.5 Å². The van der Waals surface area contributed by atoms with E-state index in [0.29, 0.717) is 11.1 Å². The predicted molar refractivity (Wildman–Crippen MR) is 104 cm³/mol. The molecule has 3 rings (SSSR count). The van der Waals surface area contributed by atoms with E-state index in [1.54, 1.807) is 42.5 Å². The van der Waals surface area contributed by atoms with Gasteiger partial charge in [0, 0.05) is 5.56 Å². The first-order valence-corrected chi connectivity index (χ1v) is 8.50. The van der Waals surface area contributed by atoms with E-state index in [1.165, 1.54) is 24.4 Å². The molecule has 1 amide bonds. The van der Waals surface area contributed by atoms with E-state index in [0.717, 1.165) is 5.56 Å². The smallest absolute Gasteiger partial charge is 0.346 e. The number of benzene rings is 3. The van der Waals surface area contributed by atoms with Gasteiger partial charge in [-0.25, -0.2) is 14.6 Å². The summed E-state index contributed by atoms with van der Waals surface area (Å²) >= 11 is 0. The summed E-state index contributed by atoms with van der Waals surface area (Å²) in [5, 5.41) is 3.93. The minimum Gasteiger partial charge on any atom is -0.423 e. The Bertz CT molecular complexity index is 1050. The highest BCUT2D eigenvalue weighted by molar-refractivity contribution is 5.96. The molecule has 0 aliphatic heterocycles. The summed E-state index contributed by atoms with van der Waals surface area (Å²) in [6.45, 7) is 1.84. The van der Waals surface area contributed by atoms with Crippen molar-refractivity contribution in [3.8, 4) is 5.75 Å². The Balaban J connectivity index is 1.66. The number of halogens is 1. The maximum absolute atomic E-state index is 13.7. The molecular formula is C22H17FN2O3. The number of nitrogens with zero attached hydrogens (tertiary/aromatic N) is 1. The average molecular weight is 376 g/mol. The van der Waals surface area contributed by atoms with Crippen molar-refractivity contribution in [1.82, 2.24) is 5.43 Å². The molecule has 140 valence electrons. The van der Waals surface area contributed by atoms with Gasteiger partial charge < -0.3 is 4.74 Å². The van der Waals surface area contributed by atoms with Gasteiger partial charge in [0.1, 0.15) is 11.6 Å². The number of carbonyl (C=O) groups excluding carboxylic acids is 2. The Morgan fingerprint density at radius 2 is 1.68 bits per heavy atom. The Morgan fingerprint density at radius 1 is 0.964 bits per heavy atom. The van der Waals surface area contributed by atoms with Crippen LogP contribution in [0.15, 0.2) is 77.9 Å². The van der Waals surface area contributed by atoms with Gasteiger partial charge in [-0.3, -0.25) is 4.79 Å². The minimum atomic E-state index is -0.792. The van der Waals surface area contributed by atoms with Crippen molar-refractivity contribution < 1.29 is 18.7 Å². The molecular weight excluding hydrogens is 359 g/mol. The highest BCUT2D eigenvalue weighted by atomic mass is 19.1. The lowest BCUT2D eigenvalue weighted by atomic mass is 10.1. The van der Waals surface area contributed by atoms with Crippen molar-refractivity contribution in [2.24, 2.45) is 5.10 Å². The molecule has 0 heterocycles. The number of hydrazone groups is 1. The molecule has 5 nitrogen and oxygen atoms in total. The van der Waals surface area contributed by atoms with E-state index in [-0.39, 0.29) is 17.2 Å². The molecule has 0 spiro atoms. The van der Waals surface area contributed by atoms with Gasteiger partial charge in [-0.05, 0) is 48.4 Å². The molecule has 0 saturated carbocycles. The number of hydrogen-bond donors (Lipinski definition) is 1. The molecule has 0 atom stereocenters. The molecule has 28 heavy (non-hydrogen) atoms. The molecule has 3 aromatic carbocycles. The van der Waals surface area contributed by atoms with Crippen molar-refractivity contribution >= 4 is 18.1 Å². The molecule has 0 aliphatic rings. The molecule has 0 saturated heterocycles. The summed E-state index contributed by atoms with van der Waals surface area (Å²) in [5.74, 6) is -1.52. The first-order valence-electron chi connectivity index (χ1n) is 8.50. The number of esters is 1. The van der Waals surface area contributed by atoms with Gasteiger partial charge in [-0.2, -0.15) is 5.10 Å². The van der Waals surface area contributed by atoms with Crippen LogP contribution in [0, 0.1) is 12.7 Å². The highest BCUT2D eigenvalue weighted by Crippen LogP contribution is 2.16. The van der Waals surface area contributed by atoms with Gasteiger partial charge in [0.15, 0.2) is 0 Å². The standard InChI is InChI=1S/C22H17FN2O3/c1-15-7-2-3-10-18(15)21(26)25-24-14-16-8-6-9-17(13-16)28-22(27)19-11-4-5-12-20(19)23/h2-14H,1H3,(H,25,26)/b24-14-. The normalized spacial score (nSPS) is 10.6. The average Bonchev–Trinajstić information content (AvgIpc) is 2.69. The summed E-state index contributed by atoms with van der Waals surface area (Å²) in [6.07, 6.45) is 1.43. The van der Waals surface area contributed by atoms with Crippen LogP contribution in [0.2, 0.25) is 0 Å². The molecule has 0 unspecified atom stereocenters.